The minimum absolute atomic E-state index is 0.0330. The quantitative estimate of drug-likeness (QED) is 0.917. The van der Waals surface area contributed by atoms with Gasteiger partial charge in [0.1, 0.15) is 5.82 Å². The van der Waals surface area contributed by atoms with E-state index in [-0.39, 0.29) is 11.9 Å². The number of carbonyl (C=O) groups is 1. The lowest BCUT2D eigenvalue weighted by molar-refractivity contribution is 0.0827. The van der Waals surface area contributed by atoms with E-state index in [1.54, 1.807) is 42.6 Å². The summed E-state index contributed by atoms with van der Waals surface area (Å²) in [5.74, 6) is 0.759. The minimum Gasteiger partial charge on any atom is -0.362 e. The van der Waals surface area contributed by atoms with Gasteiger partial charge in [0.2, 0.25) is 0 Å². The lowest BCUT2D eigenvalue weighted by atomic mass is 10.2. The number of aromatic nitrogens is 1. The number of carbonyl (C=O) groups excluding carboxylic acids is 1. The predicted octanol–water partition coefficient (Wildman–Crippen LogP) is 3.41. The Labute approximate surface area is 123 Å². The van der Waals surface area contributed by atoms with Crippen molar-refractivity contribution in [3.05, 3.63) is 46.3 Å². The van der Waals surface area contributed by atoms with Crippen LogP contribution in [-0.2, 0) is 0 Å². The lowest BCUT2D eigenvalue weighted by Crippen LogP contribution is -2.21. The molecule has 1 atom stereocenters. The van der Waals surface area contributed by atoms with Crippen LogP contribution >= 0.6 is 11.3 Å². The largest absolute Gasteiger partial charge is 0.362 e. The Morgan fingerprint density at radius 1 is 1.40 bits per heavy atom. The summed E-state index contributed by atoms with van der Waals surface area (Å²) in [6.45, 7) is 2.14. The number of rotatable bonds is 5. The summed E-state index contributed by atoms with van der Waals surface area (Å²) in [6, 6.07) is 8.09. The highest BCUT2D eigenvalue weighted by atomic mass is 32.1. The molecule has 1 amide bonds. The molecule has 0 aliphatic carbocycles. The van der Waals surface area contributed by atoms with E-state index in [9.17, 15) is 4.79 Å². The van der Waals surface area contributed by atoms with Crippen LogP contribution in [-0.4, -0.2) is 29.9 Å². The first-order chi connectivity index (χ1) is 9.61. The first-order valence-electron chi connectivity index (χ1n) is 6.59. The number of hydrogen-bond acceptors (Lipinski definition) is 4. The number of hydrogen-bond donors (Lipinski definition) is 1. The van der Waals surface area contributed by atoms with E-state index < -0.39 is 0 Å². The van der Waals surface area contributed by atoms with Gasteiger partial charge in [-0.15, -0.1) is 11.3 Å². The van der Waals surface area contributed by atoms with Crippen molar-refractivity contribution in [2.75, 3.05) is 19.4 Å². The van der Waals surface area contributed by atoms with Crippen LogP contribution in [0.5, 0.6) is 0 Å². The molecule has 0 aliphatic rings. The molecular formula is C15H19N3OS. The Bertz CT molecular complexity index is 549. The second-order valence-corrected chi connectivity index (χ2v) is 5.73. The van der Waals surface area contributed by atoms with Gasteiger partial charge in [-0.1, -0.05) is 13.0 Å². The summed E-state index contributed by atoms with van der Waals surface area (Å²) in [6.07, 6.45) is 2.60. The van der Waals surface area contributed by atoms with Gasteiger partial charge in [0.25, 0.3) is 5.91 Å². The van der Waals surface area contributed by atoms with Crippen molar-refractivity contribution in [3.63, 3.8) is 0 Å². The zero-order valence-electron chi connectivity index (χ0n) is 12.0. The summed E-state index contributed by atoms with van der Waals surface area (Å²) in [5, 5.41) is 5.48. The molecule has 1 N–H and O–H groups in total. The van der Waals surface area contributed by atoms with Crippen LogP contribution in [0.4, 0.5) is 5.82 Å². The third kappa shape index (κ3) is 3.36. The van der Waals surface area contributed by atoms with Gasteiger partial charge in [-0.25, -0.2) is 4.98 Å². The highest BCUT2D eigenvalue weighted by Gasteiger charge is 2.12. The van der Waals surface area contributed by atoms with Crippen molar-refractivity contribution in [1.29, 1.82) is 0 Å². The van der Waals surface area contributed by atoms with Crippen LogP contribution < -0.4 is 5.32 Å². The van der Waals surface area contributed by atoms with Crippen LogP contribution in [0.15, 0.2) is 35.8 Å². The highest BCUT2D eigenvalue weighted by Crippen LogP contribution is 2.25. The van der Waals surface area contributed by atoms with Crippen LogP contribution in [0.25, 0.3) is 0 Å². The summed E-state index contributed by atoms with van der Waals surface area (Å²) in [4.78, 5) is 19.0. The van der Waals surface area contributed by atoms with E-state index in [0.29, 0.717) is 5.56 Å². The van der Waals surface area contributed by atoms with Gasteiger partial charge in [0.15, 0.2) is 0 Å². The fourth-order valence-electron chi connectivity index (χ4n) is 1.91. The Balaban J connectivity index is 2.08. The molecule has 20 heavy (non-hydrogen) atoms. The van der Waals surface area contributed by atoms with Crippen molar-refractivity contribution in [2.24, 2.45) is 0 Å². The standard InChI is InChI=1S/C15H19N3OS/c1-4-12(13-6-5-9-20-13)17-14-8-7-11(10-16-14)15(19)18(2)3/h5-10,12H,4H2,1-3H3,(H,16,17). The van der Waals surface area contributed by atoms with E-state index in [0.717, 1.165) is 12.2 Å². The molecule has 0 aliphatic heterocycles. The van der Waals surface area contributed by atoms with Crippen LogP contribution in [0.3, 0.4) is 0 Å². The van der Waals surface area contributed by atoms with Crippen molar-refractivity contribution in [1.82, 2.24) is 9.88 Å². The Kier molecular flexibility index (Phi) is 4.74. The summed E-state index contributed by atoms with van der Waals surface area (Å²) < 4.78 is 0. The molecule has 0 bridgehead atoms. The highest BCUT2D eigenvalue weighted by molar-refractivity contribution is 7.10. The van der Waals surface area contributed by atoms with Crippen molar-refractivity contribution < 1.29 is 4.79 Å². The van der Waals surface area contributed by atoms with Gasteiger partial charge in [0.05, 0.1) is 11.6 Å². The van der Waals surface area contributed by atoms with Gasteiger partial charge in [-0.2, -0.15) is 0 Å². The third-order valence-corrected chi connectivity index (χ3v) is 4.02. The predicted molar refractivity (Wildman–Crippen MR) is 83.2 cm³/mol. The summed E-state index contributed by atoms with van der Waals surface area (Å²) >= 11 is 1.74. The molecule has 0 fully saturated rings. The molecule has 5 heteroatoms. The van der Waals surface area contributed by atoms with Crippen LogP contribution in [0, 0.1) is 0 Å². The van der Waals surface area contributed by atoms with Gasteiger partial charge < -0.3 is 10.2 Å². The zero-order chi connectivity index (χ0) is 14.5. The van der Waals surface area contributed by atoms with Crippen LogP contribution in [0.2, 0.25) is 0 Å². The SMILES string of the molecule is CCC(Nc1ccc(C(=O)N(C)C)cn1)c1cccs1. The molecule has 2 aromatic heterocycles. The molecule has 0 aromatic carbocycles. The minimum atomic E-state index is -0.0330. The average Bonchev–Trinajstić information content (AvgIpc) is 2.98. The maximum atomic E-state index is 11.8. The molecule has 0 radical (unpaired) electrons. The summed E-state index contributed by atoms with van der Waals surface area (Å²) in [5.41, 5.74) is 0.602. The topological polar surface area (TPSA) is 45.2 Å². The van der Waals surface area contributed by atoms with E-state index in [1.165, 1.54) is 4.88 Å². The number of nitrogens with one attached hydrogen (secondary N) is 1. The molecule has 1 unspecified atom stereocenters. The number of nitrogens with zero attached hydrogens (tertiary/aromatic N) is 2. The monoisotopic (exact) mass is 289 g/mol. The van der Waals surface area contributed by atoms with Crippen LogP contribution in [0.1, 0.15) is 34.6 Å². The van der Waals surface area contributed by atoms with Gasteiger partial charge >= 0.3 is 0 Å². The normalized spacial score (nSPS) is 11.9. The molecule has 4 nitrogen and oxygen atoms in total. The fraction of sp³-hybridized carbons (Fsp3) is 0.333. The van der Waals surface area contributed by atoms with E-state index in [4.69, 9.17) is 0 Å². The smallest absolute Gasteiger partial charge is 0.254 e. The molecule has 106 valence electrons. The third-order valence-electron chi connectivity index (χ3n) is 3.03. The molecule has 0 saturated heterocycles. The van der Waals surface area contributed by atoms with Gasteiger partial charge in [0, 0.05) is 25.2 Å². The maximum absolute atomic E-state index is 11.8. The Morgan fingerprint density at radius 2 is 2.20 bits per heavy atom. The Morgan fingerprint density at radius 3 is 2.70 bits per heavy atom. The molecule has 2 heterocycles. The fourth-order valence-corrected chi connectivity index (χ4v) is 2.77. The number of thiophene rings is 1. The van der Waals surface area contributed by atoms with E-state index >= 15 is 0 Å². The second-order valence-electron chi connectivity index (χ2n) is 4.75. The first-order valence-corrected chi connectivity index (χ1v) is 7.47. The van der Waals surface area contributed by atoms with Crippen molar-refractivity contribution in [3.8, 4) is 0 Å². The van der Waals surface area contributed by atoms with Gasteiger partial charge in [-0.3, -0.25) is 4.79 Å². The molecule has 0 saturated carbocycles. The molecule has 2 aromatic rings. The lowest BCUT2D eigenvalue weighted by Gasteiger charge is -2.16. The van der Waals surface area contributed by atoms with E-state index in [2.05, 4.69) is 34.7 Å². The zero-order valence-corrected chi connectivity index (χ0v) is 12.8. The van der Waals surface area contributed by atoms with Gasteiger partial charge in [-0.05, 0) is 30.0 Å². The van der Waals surface area contributed by atoms with Crippen molar-refractivity contribution >= 4 is 23.1 Å². The van der Waals surface area contributed by atoms with E-state index in [1.807, 2.05) is 6.07 Å². The summed E-state index contributed by atoms with van der Waals surface area (Å²) in [7, 11) is 3.47. The second kappa shape index (κ2) is 6.52. The number of amides is 1. The van der Waals surface area contributed by atoms with Crippen molar-refractivity contribution in [2.45, 2.75) is 19.4 Å². The average molecular weight is 289 g/mol. The molecule has 0 spiro atoms. The number of pyridine rings is 1. The number of anilines is 1. The first kappa shape index (κ1) is 14.5. The molecule has 2 rings (SSSR count). The molecular weight excluding hydrogens is 270 g/mol. The maximum Gasteiger partial charge on any atom is 0.254 e. The Hall–Kier alpha value is -1.88.